The molecular weight excluding hydrogens is 366 g/mol. The van der Waals surface area contributed by atoms with Crippen LogP contribution in [-0.4, -0.2) is 30.4 Å². The average molecular weight is 386 g/mol. The Bertz CT molecular complexity index is 1010. The number of aryl methyl sites for hydroxylation is 1. The van der Waals surface area contributed by atoms with Gasteiger partial charge in [0.2, 0.25) is 0 Å². The van der Waals surface area contributed by atoms with Crippen LogP contribution in [0.2, 0.25) is 5.02 Å². The second-order valence-corrected chi connectivity index (χ2v) is 6.22. The van der Waals surface area contributed by atoms with Gasteiger partial charge in [-0.15, -0.1) is 0 Å². The number of benzene rings is 2. The summed E-state index contributed by atoms with van der Waals surface area (Å²) in [6.45, 7) is 2.35. The number of carbonyl (C=O) groups is 1. The number of nitrogens with zero attached hydrogens (tertiary/aromatic N) is 2. The number of halogens is 1. The molecule has 6 nitrogen and oxygen atoms in total. The fourth-order valence-corrected chi connectivity index (χ4v) is 3.15. The van der Waals surface area contributed by atoms with Gasteiger partial charge >= 0.3 is 0 Å². The molecule has 3 rings (SSSR count). The van der Waals surface area contributed by atoms with Gasteiger partial charge in [0.05, 0.1) is 25.0 Å². The van der Waals surface area contributed by atoms with Gasteiger partial charge in [-0.25, -0.2) is 5.43 Å². The van der Waals surface area contributed by atoms with Crippen LogP contribution < -0.4 is 14.9 Å². The van der Waals surface area contributed by atoms with Crippen molar-refractivity contribution in [2.24, 2.45) is 12.1 Å². The monoisotopic (exact) mass is 385 g/mol. The number of carbonyl (C=O) groups excluding carboxylic acids is 1. The van der Waals surface area contributed by atoms with Crippen LogP contribution in [0.4, 0.5) is 0 Å². The predicted molar refractivity (Wildman–Crippen MR) is 107 cm³/mol. The fraction of sp³-hybridized carbons (Fsp3) is 0.200. The van der Waals surface area contributed by atoms with E-state index in [-0.39, 0.29) is 5.91 Å². The lowest BCUT2D eigenvalue weighted by Crippen LogP contribution is -2.20. The van der Waals surface area contributed by atoms with Gasteiger partial charge in [0.15, 0.2) is 11.5 Å². The quantitative estimate of drug-likeness (QED) is 0.515. The first-order valence-corrected chi connectivity index (χ1v) is 8.81. The molecule has 0 fully saturated rings. The number of rotatable bonds is 6. The van der Waals surface area contributed by atoms with Gasteiger partial charge in [-0.3, -0.25) is 4.79 Å². The number of para-hydroxylation sites is 1. The first kappa shape index (κ1) is 18.8. The second kappa shape index (κ2) is 8.14. The Balaban J connectivity index is 1.78. The summed E-state index contributed by atoms with van der Waals surface area (Å²) in [6, 6.07) is 13.1. The first-order valence-electron chi connectivity index (χ1n) is 8.43. The van der Waals surface area contributed by atoms with Gasteiger partial charge in [0.1, 0.15) is 5.69 Å². The van der Waals surface area contributed by atoms with Crippen LogP contribution in [0, 0.1) is 0 Å². The average Bonchev–Trinajstić information content (AvgIpc) is 2.99. The molecule has 140 valence electrons. The SMILES string of the molecule is CCOc1cc(/C=N/NC(=O)c2cc3ccccc3n2C)cc(Cl)c1OC. The minimum atomic E-state index is -0.297. The highest BCUT2D eigenvalue weighted by Gasteiger charge is 2.13. The summed E-state index contributed by atoms with van der Waals surface area (Å²) >= 11 is 6.22. The number of hydrogen-bond donors (Lipinski definition) is 1. The molecule has 0 atom stereocenters. The number of aromatic nitrogens is 1. The Kier molecular flexibility index (Phi) is 5.66. The summed E-state index contributed by atoms with van der Waals surface area (Å²) in [7, 11) is 3.38. The van der Waals surface area contributed by atoms with E-state index in [0.717, 1.165) is 10.9 Å². The Labute approximate surface area is 162 Å². The van der Waals surface area contributed by atoms with Crippen molar-refractivity contribution < 1.29 is 14.3 Å². The molecule has 1 N–H and O–H groups in total. The Morgan fingerprint density at radius 2 is 2.07 bits per heavy atom. The molecule has 1 amide bonds. The molecule has 0 saturated heterocycles. The van der Waals surface area contributed by atoms with E-state index in [4.69, 9.17) is 21.1 Å². The van der Waals surface area contributed by atoms with Crippen molar-refractivity contribution in [2.45, 2.75) is 6.92 Å². The maximum atomic E-state index is 12.4. The summed E-state index contributed by atoms with van der Waals surface area (Å²) in [6.07, 6.45) is 1.51. The van der Waals surface area contributed by atoms with Gasteiger partial charge in [-0.1, -0.05) is 29.8 Å². The van der Waals surface area contributed by atoms with Gasteiger partial charge in [0.25, 0.3) is 5.91 Å². The molecule has 0 aliphatic carbocycles. The molecule has 0 aliphatic heterocycles. The molecule has 0 unspecified atom stereocenters. The predicted octanol–water partition coefficient (Wildman–Crippen LogP) is 4.00. The molecule has 7 heteroatoms. The van der Waals surface area contributed by atoms with Crippen LogP contribution in [-0.2, 0) is 7.05 Å². The first-order chi connectivity index (χ1) is 13.0. The lowest BCUT2D eigenvalue weighted by Gasteiger charge is -2.11. The number of methoxy groups -OCH3 is 1. The standard InChI is InChI=1S/C20H20ClN3O3/c1-4-27-18-10-13(9-15(21)19(18)26-3)12-22-23-20(25)17-11-14-7-5-6-8-16(14)24(17)2/h5-12H,4H2,1-3H3,(H,23,25)/b22-12+. The third-order valence-electron chi connectivity index (χ3n) is 4.10. The van der Waals surface area contributed by atoms with E-state index in [1.807, 2.05) is 48.9 Å². The van der Waals surface area contributed by atoms with E-state index in [0.29, 0.717) is 34.4 Å². The molecule has 27 heavy (non-hydrogen) atoms. The number of nitrogens with one attached hydrogen (secondary N) is 1. The molecular formula is C20H20ClN3O3. The minimum absolute atomic E-state index is 0.297. The third-order valence-corrected chi connectivity index (χ3v) is 4.38. The molecule has 2 aromatic carbocycles. The lowest BCUT2D eigenvalue weighted by molar-refractivity contribution is 0.0947. The van der Waals surface area contributed by atoms with Crippen molar-refractivity contribution in [1.29, 1.82) is 0 Å². The van der Waals surface area contributed by atoms with E-state index < -0.39 is 0 Å². The zero-order chi connectivity index (χ0) is 19.4. The number of fused-ring (bicyclic) bond motifs is 1. The summed E-state index contributed by atoms with van der Waals surface area (Å²) < 4.78 is 12.6. The van der Waals surface area contributed by atoms with Gasteiger partial charge in [0, 0.05) is 18.0 Å². The number of hydrazone groups is 1. The number of hydrogen-bond acceptors (Lipinski definition) is 4. The summed E-state index contributed by atoms with van der Waals surface area (Å²) in [5, 5.41) is 5.44. The van der Waals surface area contributed by atoms with Crippen LogP contribution >= 0.6 is 11.6 Å². The Morgan fingerprint density at radius 3 is 2.78 bits per heavy atom. The molecule has 0 radical (unpaired) electrons. The summed E-state index contributed by atoms with van der Waals surface area (Å²) in [5.41, 5.74) is 4.73. The van der Waals surface area contributed by atoms with Crippen molar-refractivity contribution in [3.05, 3.63) is 58.7 Å². The molecule has 0 saturated carbocycles. The largest absolute Gasteiger partial charge is 0.491 e. The highest BCUT2D eigenvalue weighted by atomic mass is 35.5. The van der Waals surface area contributed by atoms with E-state index in [1.54, 1.807) is 12.1 Å². The summed E-state index contributed by atoms with van der Waals surface area (Å²) in [5.74, 6) is 0.693. The van der Waals surface area contributed by atoms with Crippen LogP contribution in [0.3, 0.4) is 0 Å². The lowest BCUT2D eigenvalue weighted by atomic mass is 10.2. The maximum Gasteiger partial charge on any atom is 0.287 e. The van der Waals surface area contributed by atoms with Crippen LogP contribution in [0.25, 0.3) is 10.9 Å². The molecule has 1 heterocycles. The maximum absolute atomic E-state index is 12.4. The zero-order valence-corrected chi connectivity index (χ0v) is 16.1. The molecule has 3 aromatic rings. The Hall–Kier alpha value is -2.99. The number of amides is 1. The van der Waals surface area contributed by atoms with E-state index in [2.05, 4.69) is 10.5 Å². The minimum Gasteiger partial charge on any atom is -0.491 e. The van der Waals surface area contributed by atoms with E-state index >= 15 is 0 Å². The normalized spacial score (nSPS) is 11.1. The molecule has 0 bridgehead atoms. The summed E-state index contributed by atoms with van der Waals surface area (Å²) in [4.78, 5) is 12.4. The smallest absolute Gasteiger partial charge is 0.287 e. The zero-order valence-electron chi connectivity index (χ0n) is 15.3. The van der Waals surface area contributed by atoms with Crippen molar-refractivity contribution in [3.63, 3.8) is 0 Å². The van der Waals surface area contributed by atoms with Crippen molar-refractivity contribution >= 4 is 34.6 Å². The van der Waals surface area contributed by atoms with Crippen LogP contribution in [0.15, 0.2) is 47.6 Å². The van der Waals surface area contributed by atoms with Crippen molar-refractivity contribution in [2.75, 3.05) is 13.7 Å². The van der Waals surface area contributed by atoms with E-state index in [9.17, 15) is 4.79 Å². The molecule has 1 aromatic heterocycles. The van der Waals surface area contributed by atoms with Crippen molar-refractivity contribution in [3.8, 4) is 11.5 Å². The van der Waals surface area contributed by atoms with Crippen molar-refractivity contribution in [1.82, 2.24) is 9.99 Å². The van der Waals surface area contributed by atoms with Gasteiger partial charge < -0.3 is 14.0 Å². The third kappa shape index (κ3) is 3.90. The second-order valence-electron chi connectivity index (χ2n) is 5.81. The number of ether oxygens (including phenoxy) is 2. The topological polar surface area (TPSA) is 64.8 Å². The van der Waals surface area contributed by atoms with E-state index in [1.165, 1.54) is 13.3 Å². The Morgan fingerprint density at radius 1 is 1.30 bits per heavy atom. The van der Waals surface area contributed by atoms with Gasteiger partial charge in [-0.2, -0.15) is 5.10 Å². The molecule has 0 spiro atoms. The molecule has 0 aliphatic rings. The fourth-order valence-electron chi connectivity index (χ4n) is 2.85. The highest BCUT2D eigenvalue weighted by molar-refractivity contribution is 6.32. The van der Waals surface area contributed by atoms with Crippen LogP contribution in [0.5, 0.6) is 11.5 Å². The van der Waals surface area contributed by atoms with Crippen LogP contribution in [0.1, 0.15) is 23.0 Å². The van der Waals surface area contributed by atoms with Gasteiger partial charge in [-0.05, 0) is 36.8 Å². The highest BCUT2D eigenvalue weighted by Crippen LogP contribution is 2.35.